The van der Waals surface area contributed by atoms with Crippen molar-refractivity contribution in [2.45, 2.75) is 19.4 Å². The summed E-state index contributed by atoms with van der Waals surface area (Å²) in [6.45, 7) is 11.1. The van der Waals surface area contributed by atoms with E-state index in [0.29, 0.717) is 0 Å². The fourth-order valence-corrected chi connectivity index (χ4v) is 1.84. The monoisotopic (exact) mass is 244 g/mol. The van der Waals surface area contributed by atoms with Crippen molar-refractivity contribution in [1.29, 1.82) is 0 Å². The number of nitrogens with one attached hydrogen (secondary N) is 2. The van der Waals surface area contributed by atoms with Gasteiger partial charge in [0.2, 0.25) is 0 Å². The maximum Gasteiger partial charge on any atom is 0.0208 e. The molecule has 0 bridgehead atoms. The Kier molecular flexibility index (Phi) is 7.85. The zero-order valence-electron chi connectivity index (χ0n) is 11.1. The van der Waals surface area contributed by atoms with E-state index in [4.69, 9.17) is 0 Å². The van der Waals surface area contributed by atoms with Gasteiger partial charge in [0.1, 0.15) is 0 Å². The lowest BCUT2D eigenvalue weighted by atomic mass is 10.1. The average Bonchev–Trinajstić information content (AvgIpc) is 2.39. The molecule has 0 heterocycles. The highest BCUT2D eigenvalue weighted by Crippen LogP contribution is 2.07. The topological polar surface area (TPSA) is 24.1 Å². The fourth-order valence-electron chi connectivity index (χ4n) is 1.84. The van der Waals surface area contributed by atoms with Gasteiger partial charge in [-0.25, -0.2) is 0 Å². The first-order chi connectivity index (χ1) is 8.86. The van der Waals surface area contributed by atoms with Crippen molar-refractivity contribution in [3.8, 4) is 0 Å². The Balaban J connectivity index is 2.29. The van der Waals surface area contributed by atoms with Crippen LogP contribution in [0.25, 0.3) is 0 Å². The molecule has 0 aromatic heterocycles. The zero-order chi connectivity index (χ0) is 13.1. The SMILES string of the molecule is C=CCNCCCc1cccc(CNCC=C)c1. The van der Waals surface area contributed by atoms with E-state index >= 15 is 0 Å². The summed E-state index contributed by atoms with van der Waals surface area (Å²) in [5.41, 5.74) is 2.75. The lowest BCUT2D eigenvalue weighted by Crippen LogP contribution is -2.15. The van der Waals surface area contributed by atoms with Gasteiger partial charge in [-0.05, 0) is 30.5 Å². The summed E-state index contributed by atoms with van der Waals surface area (Å²) in [5, 5.41) is 6.64. The number of rotatable bonds is 10. The van der Waals surface area contributed by atoms with Gasteiger partial charge in [0, 0.05) is 19.6 Å². The Morgan fingerprint density at radius 2 is 1.72 bits per heavy atom. The predicted octanol–water partition coefficient (Wildman–Crippen LogP) is 2.67. The standard InChI is InChI=1S/C16H24N2/c1-3-10-17-12-6-9-15-7-5-8-16(13-15)14-18-11-4-2/h3-5,7-8,13,17-18H,1-2,6,9-12,14H2. The van der Waals surface area contributed by atoms with Crippen molar-refractivity contribution >= 4 is 0 Å². The van der Waals surface area contributed by atoms with Crippen molar-refractivity contribution in [2.75, 3.05) is 19.6 Å². The smallest absolute Gasteiger partial charge is 0.0208 e. The predicted molar refractivity (Wildman–Crippen MR) is 79.7 cm³/mol. The first-order valence-electron chi connectivity index (χ1n) is 6.58. The molecule has 0 saturated carbocycles. The van der Waals surface area contributed by atoms with Crippen LogP contribution in [0.3, 0.4) is 0 Å². The minimum atomic E-state index is 0.857. The molecule has 1 rings (SSSR count). The number of hydrogen-bond donors (Lipinski definition) is 2. The van der Waals surface area contributed by atoms with Gasteiger partial charge in [-0.3, -0.25) is 0 Å². The van der Waals surface area contributed by atoms with Crippen LogP contribution in [0.2, 0.25) is 0 Å². The van der Waals surface area contributed by atoms with E-state index in [1.54, 1.807) is 0 Å². The van der Waals surface area contributed by atoms with E-state index in [-0.39, 0.29) is 0 Å². The summed E-state index contributed by atoms with van der Waals surface area (Å²) < 4.78 is 0. The lowest BCUT2D eigenvalue weighted by molar-refractivity contribution is 0.691. The lowest BCUT2D eigenvalue weighted by Gasteiger charge is -2.06. The van der Waals surface area contributed by atoms with Gasteiger partial charge < -0.3 is 10.6 Å². The first-order valence-corrected chi connectivity index (χ1v) is 6.58. The van der Waals surface area contributed by atoms with Crippen molar-refractivity contribution in [2.24, 2.45) is 0 Å². The van der Waals surface area contributed by atoms with Gasteiger partial charge in [0.05, 0.1) is 0 Å². The summed E-state index contributed by atoms with van der Waals surface area (Å²) in [7, 11) is 0. The quantitative estimate of drug-likeness (QED) is 0.488. The number of hydrogen-bond acceptors (Lipinski definition) is 2. The first kappa shape index (κ1) is 14.7. The number of aryl methyl sites for hydroxylation is 1. The molecule has 0 fully saturated rings. The Morgan fingerprint density at radius 3 is 2.50 bits per heavy atom. The van der Waals surface area contributed by atoms with Crippen LogP contribution < -0.4 is 10.6 Å². The van der Waals surface area contributed by atoms with E-state index in [1.165, 1.54) is 11.1 Å². The van der Waals surface area contributed by atoms with Gasteiger partial charge in [0.25, 0.3) is 0 Å². The van der Waals surface area contributed by atoms with E-state index in [0.717, 1.165) is 39.0 Å². The molecule has 2 N–H and O–H groups in total. The molecule has 2 heteroatoms. The van der Waals surface area contributed by atoms with Gasteiger partial charge in [-0.1, -0.05) is 36.4 Å². The van der Waals surface area contributed by atoms with Crippen molar-refractivity contribution in [3.05, 3.63) is 60.7 Å². The molecular formula is C16H24N2. The fraction of sp³-hybridized carbons (Fsp3) is 0.375. The van der Waals surface area contributed by atoms with Gasteiger partial charge >= 0.3 is 0 Å². The molecule has 1 aromatic rings. The van der Waals surface area contributed by atoms with Crippen molar-refractivity contribution in [1.82, 2.24) is 10.6 Å². The van der Waals surface area contributed by atoms with E-state index in [9.17, 15) is 0 Å². The average molecular weight is 244 g/mol. The van der Waals surface area contributed by atoms with Crippen LogP contribution in [0, 0.1) is 0 Å². The van der Waals surface area contributed by atoms with Crippen LogP contribution in [0.5, 0.6) is 0 Å². The normalized spacial score (nSPS) is 10.2. The zero-order valence-corrected chi connectivity index (χ0v) is 11.1. The highest BCUT2D eigenvalue weighted by atomic mass is 14.8. The van der Waals surface area contributed by atoms with Gasteiger partial charge in [-0.15, -0.1) is 13.2 Å². The largest absolute Gasteiger partial charge is 0.313 e. The second-order valence-electron chi connectivity index (χ2n) is 4.34. The minimum absolute atomic E-state index is 0.857. The molecule has 98 valence electrons. The Labute approximate surface area is 111 Å². The van der Waals surface area contributed by atoms with E-state index in [2.05, 4.69) is 48.1 Å². The molecule has 18 heavy (non-hydrogen) atoms. The van der Waals surface area contributed by atoms with Crippen molar-refractivity contribution in [3.63, 3.8) is 0 Å². The molecule has 0 aliphatic carbocycles. The van der Waals surface area contributed by atoms with Crippen LogP contribution in [0.15, 0.2) is 49.6 Å². The highest BCUT2D eigenvalue weighted by Gasteiger charge is 1.96. The Bertz CT molecular complexity index is 358. The summed E-state index contributed by atoms with van der Waals surface area (Å²) in [6, 6.07) is 8.78. The van der Waals surface area contributed by atoms with E-state index < -0.39 is 0 Å². The molecule has 0 amide bonds. The second-order valence-corrected chi connectivity index (χ2v) is 4.34. The molecule has 0 atom stereocenters. The number of benzene rings is 1. The van der Waals surface area contributed by atoms with Gasteiger partial charge in [-0.2, -0.15) is 0 Å². The molecule has 1 aromatic carbocycles. The molecule has 0 aliphatic rings. The molecule has 0 saturated heterocycles. The van der Waals surface area contributed by atoms with Crippen LogP contribution in [-0.4, -0.2) is 19.6 Å². The van der Waals surface area contributed by atoms with Crippen LogP contribution >= 0.6 is 0 Å². The highest BCUT2D eigenvalue weighted by molar-refractivity contribution is 5.23. The third-order valence-electron chi connectivity index (χ3n) is 2.72. The van der Waals surface area contributed by atoms with Crippen LogP contribution in [-0.2, 0) is 13.0 Å². The maximum atomic E-state index is 3.70. The molecule has 2 nitrogen and oxygen atoms in total. The Morgan fingerprint density at radius 1 is 1.00 bits per heavy atom. The van der Waals surface area contributed by atoms with Gasteiger partial charge in [0.15, 0.2) is 0 Å². The van der Waals surface area contributed by atoms with Crippen LogP contribution in [0.1, 0.15) is 17.5 Å². The minimum Gasteiger partial charge on any atom is -0.313 e. The second kappa shape index (κ2) is 9.63. The third-order valence-corrected chi connectivity index (χ3v) is 2.72. The van der Waals surface area contributed by atoms with E-state index in [1.807, 2.05) is 12.2 Å². The summed E-state index contributed by atoms with van der Waals surface area (Å²) >= 11 is 0. The molecule has 0 spiro atoms. The third kappa shape index (κ3) is 6.38. The van der Waals surface area contributed by atoms with Crippen LogP contribution in [0.4, 0.5) is 0 Å². The molecule has 0 unspecified atom stereocenters. The molecule has 0 aliphatic heterocycles. The summed E-state index contributed by atoms with van der Waals surface area (Å²) in [4.78, 5) is 0. The molecule has 0 radical (unpaired) electrons. The molecular weight excluding hydrogens is 220 g/mol. The summed E-state index contributed by atoms with van der Waals surface area (Å²) in [6.07, 6.45) is 6.07. The Hall–Kier alpha value is -1.38. The van der Waals surface area contributed by atoms with Crippen molar-refractivity contribution < 1.29 is 0 Å². The maximum absolute atomic E-state index is 3.70. The summed E-state index contributed by atoms with van der Waals surface area (Å²) in [5.74, 6) is 0.